The third-order valence-corrected chi connectivity index (χ3v) is 6.14. The SMILES string of the molecule is CN1C=C2C(=O)N(C3CCN(C(=O)C(NC(=O)OC(C)(C)C)c4ccccc4)CC3)CN2C1. The summed E-state index contributed by atoms with van der Waals surface area (Å²) in [6.45, 7) is 7.75. The molecule has 0 spiro atoms. The highest BCUT2D eigenvalue weighted by atomic mass is 16.6. The summed E-state index contributed by atoms with van der Waals surface area (Å²) in [7, 11) is 1.96. The van der Waals surface area contributed by atoms with Crippen LogP contribution in [-0.2, 0) is 14.3 Å². The molecule has 4 rings (SSSR count). The van der Waals surface area contributed by atoms with E-state index in [1.54, 1.807) is 25.7 Å². The lowest BCUT2D eigenvalue weighted by atomic mass is 10.0. The summed E-state index contributed by atoms with van der Waals surface area (Å²) < 4.78 is 5.39. The molecule has 1 atom stereocenters. The monoisotopic (exact) mass is 455 g/mol. The summed E-state index contributed by atoms with van der Waals surface area (Å²) in [5.41, 5.74) is 0.802. The van der Waals surface area contributed by atoms with Crippen molar-refractivity contribution in [3.63, 3.8) is 0 Å². The van der Waals surface area contributed by atoms with Gasteiger partial charge in [0.05, 0.1) is 13.3 Å². The van der Waals surface area contributed by atoms with Crippen molar-refractivity contribution >= 4 is 17.9 Å². The number of fused-ring (bicyclic) bond motifs is 1. The van der Waals surface area contributed by atoms with Gasteiger partial charge in [0, 0.05) is 32.4 Å². The summed E-state index contributed by atoms with van der Waals surface area (Å²) >= 11 is 0. The normalized spacial score (nSPS) is 20.0. The van der Waals surface area contributed by atoms with Gasteiger partial charge in [-0.3, -0.25) is 9.59 Å². The fourth-order valence-electron chi connectivity index (χ4n) is 4.60. The average Bonchev–Trinajstić information content (AvgIpc) is 3.28. The van der Waals surface area contributed by atoms with E-state index < -0.39 is 17.7 Å². The molecule has 9 nitrogen and oxygen atoms in total. The van der Waals surface area contributed by atoms with Crippen LogP contribution in [0.25, 0.3) is 0 Å². The van der Waals surface area contributed by atoms with E-state index >= 15 is 0 Å². The van der Waals surface area contributed by atoms with Gasteiger partial charge in [-0.2, -0.15) is 0 Å². The number of likely N-dealkylation sites (tertiary alicyclic amines) is 1. The van der Waals surface area contributed by atoms with E-state index in [4.69, 9.17) is 4.74 Å². The van der Waals surface area contributed by atoms with Crippen LogP contribution < -0.4 is 5.32 Å². The van der Waals surface area contributed by atoms with Crippen molar-refractivity contribution in [1.82, 2.24) is 24.9 Å². The van der Waals surface area contributed by atoms with Gasteiger partial charge in [-0.05, 0) is 39.2 Å². The Balaban J connectivity index is 1.40. The molecule has 3 aliphatic rings. The molecular weight excluding hydrogens is 422 g/mol. The molecule has 3 aliphatic heterocycles. The largest absolute Gasteiger partial charge is 0.444 e. The fourth-order valence-corrected chi connectivity index (χ4v) is 4.60. The van der Waals surface area contributed by atoms with Gasteiger partial charge < -0.3 is 29.7 Å². The van der Waals surface area contributed by atoms with Crippen LogP contribution in [0.15, 0.2) is 42.2 Å². The van der Waals surface area contributed by atoms with Crippen LogP contribution in [0.3, 0.4) is 0 Å². The van der Waals surface area contributed by atoms with Gasteiger partial charge in [-0.15, -0.1) is 0 Å². The number of piperidine rings is 1. The van der Waals surface area contributed by atoms with Crippen LogP contribution >= 0.6 is 0 Å². The lowest BCUT2D eigenvalue weighted by Crippen LogP contribution is -2.51. The highest BCUT2D eigenvalue weighted by Gasteiger charge is 2.41. The molecule has 2 saturated heterocycles. The number of ether oxygens (including phenoxy) is 1. The van der Waals surface area contributed by atoms with E-state index in [1.807, 2.05) is 53.4 Å². The molecule has 1 aromatic carbocycles. The van der Waals surface area contributed by atoms with Crippen molar-refractivity contribution in [3.8, 4) is 0 Å². The van der Waals surface area contributed by atoms with Gasteiger partial charge in [0.15, 0.2) is 0 Å². The number of nitrogens with zero attached hydrogens (tertiary/aromatic N) is 4. The second-order valence-electron chi connectivity index (χ2n) is 9.92. The fraction of sp³-hybridized carbons (Fsp3) is 0.542. The Kier molecular flexibility index (Phi) is 6.23. The molecule has 0 bridgehead atoms. The average molecular weight is 456 g/mol. The van der Waals surface area contributed by atoms with Gasteiger partial charge in [-0.25, -0.2) is 4.79 Å². The summed E-state index contributed by atoms with van der Waals surface area (Å²) in [5, 5.41) is 2.76. The van der Waals surface area contributed by atoms with E-state index in [2.05, 4.69) is 10.2 Å². The highest BCUT2D eigenvalue weighted by molar-refractivity contribution is 5.95. The predicted octanol–water partition coefficient (Wildman–Crippen LogP) is 2.09. The molecule has 1 unspecified atom stereocenters. The minimum absolute atomic E-state index is 0.0675. The van der Waals surface area contributed by atoms with Crippen LogP contribution in [0.2, 0.25) is 0 Å². The zero-order valence-electron chi connectivity index (χ0n) is 19.8. The van der Waals surface area contributed by atoms with Crippen molar-refractivity contribution in [2.24, 2.45) is 0 Å². The number of amides is 3. The van der Waals surface area contributed by atoms with Crippen molar-refractivity contribution < 1.29 is 19.1 Å². The first-order valence-electron chi connectivity index (χ1n) is 11.4. The van der Waals surface area contributed by atoms with Crippen molar-refractivity contribution in [2.75, 3.05) is 33.5 Å². The second-order valence-corrected chi connectivity index (χ2v) is 9.92. The molecule has 9 heteroatoms. The third-order valence-electron chi connectivity index (χ3n) is 6.14. The van der Waals surface area contributed by atoms with Gasteiger partial charge in [-0.1, -0.05) is 30.3 Å². The molecule has 1 N–H and O–H groups in total. The minimum Gasteiger partial charge on any atom is -0.444 e. The Hall–Kier alpha value is -3.23. The van der Waals surface area contributed by atoms with E-state index in [1.165, 1.54) is 0 Å². The number of hydrogen-bond acceptors (Lipinski definition) is 6. The molecule has 3 amide bonds. The standard InChI is InChI=1S/C24H33N5O4/c1-24(2,3)33-23(32)25-20(17-8-6-5-7-9-17)22(31)27-12-10-18(11-13-27)29-16-28-15-26(4)14-19(28)21(29)30/h5-9,14,18,20H,10-13,15-16H2,1-4H3,(H,25,32). The molecule has 0 aromatic heterocycles. The number of nitrogens with one attached hydrogen (secondary N) is 1. The van der Waals surface area contributed by atoms with Crippen LogP contribution in [0.4, 0.5) is 4.79 Å². The van der Waals surface area contributed by atoms with Crippen LogP contribution in [0.5, 0.6) is 0 Å². The van der Waals surface area contributed by atoms with Crippen molar-refractivity contribution in [1.29, 1.82) is 0 Å². The van der Waals surface area contributed by atoms with Gasteiger partial charge >= 0.3 is 6.09 Å². The van der Waals surface area contributed by atoms with Gasteiger partial charge in [0.2, 0.25) is 5.91 Å². The van der Waals surface area contributed by atoms with Gasteiger partial charge in [0.25, 0.3) is 5.91 Å². The smallest absolute Gasteiger partial charge is 0.408 e. The Labute approximate surface area is 194 Å². The number of hydrogen-bond donors (Lipinski definition) is 1. The first-order chi connectivity index (χ1) is 15.6. The second kappa shape index (κ2) is 8.96. The number of carbonyl (C=O) groups is 3. The summed E-state index contributed by atoms with van der Waals surface area (Å²) in [4.78, 5) is 46.5. The Morgan fingerprint density at radius 1 is 1.09 bits per heavy atom. The lowest BCUT2D eigenvalue weighted by Gasteiger charge is -2.38. The number of rotatable bonds is 4. The molecule has 0 aliphatic carbocycles. The Morgan fingerprint density at radius 3 is 2.36 bits per heavy atom. The topological polar surface area (TPSA) is 85.4 Å². The van der Waals surface area contributed by atoms with Gasteiger partial charge in [0.1, 0.15) is 17.3 Å². The molecule has 33 heavy (non-hydrogen) atoms. The minimum atomic E-state index is -0.822. The molecular formula is C24H33N5O4. The molecule has 0 radical (unpaired) electrons. The number of benzene rings is 1. The van der Waals surface area contributed by atoms with Crippen molar-refractivity contribution in [2.45, 2.75) is 51.3 Å². The summed E-state index contributed by atoms with van der Waals surface area (Å²) in [6.07, 6.45) is 2.69. The molecule has 1 aromatic rings. The summed E-state index contributed by atoms with van der Waals surface area (Å²) in [6, 6.07) is 8.49. The maximum atomic E-state index is 13.4. The first kappa shape index (κ1) is 22.9. The summed E-state index contributed by atoms with van der Waals surface area (Å²) in [5.74, 6) is -0.0962. The van der Waals surface area contributed by atoms with E-state index in [0.29, 0.717) is 38.2 Å². The highest BCUT2D eigenvalue weighted by Crippen LogP contribution is 2.29. The molecule has 2 fully saturated rings. The Bertz CT molecular complexity index is 934. The van der Waals surface area contributed by atoms with Crippen LogP contribution in [-0.4, -0.2) is 82.6 Å². The van der Waals surface area contributed by atoms with Crippen LogP contribution in [0, 0.1) is 0 Å². The number of alkyl carbamates (subject to hydrolysis) is 1. The number of carbonyl (C=O) groups excluding carboxylic acids is 3. The maximum Gasteiger partial charge on any atom is 0.408 e. The van der Waals surface area contributed by atoms with Crippen molar-refractivity contribution in [3.05, 3.63) is 47.8 Å². The van der Waals surface area contributed by atoms with E-state index in [-0.39, 0.29) is 17.9 Å². The molecule has 3 heterocycles. The van der Waals surface area contributed by atoms with E-state index in [9.17, 15) is 14.4 Å². The Morgan fingerprint density at radius 2 is 1.76 bits per heavy atom. The first-order valence-corrected chi connectivity index (χ1v) is 11.4. The zero-order valence-corrected chi connectivity index (χ0v) is 19.8. The third kappa shape index (κ3) is 5.07. The molecule has 0 saturated carbocycles. The van der Waals surface area contributed by atoms with E-state index in [0.717, 1.165) is 12.4 Å². The molecule has 178 valence electrons. The van der Waals surface area contributed by atoms with Crippen LogP contribution in [0.1, 0.15) is 45.2 Å². The predicted molar refractivity (Wildman–Crippen MR) is 122 cm³/mol. The maximum absolute atomic E-state index is 13.4. The zero-order chi connectivity index (χ0) is 23.8. The lowest BCUT2D eigenvalue weighted by molar-refractivity contribution is -0.136. The quantitative estimate of drug-likeness (QED) is 0.748.